The van der Waals surface area contributed by atoms with E-state index in [4.69, 9.17) is 30.5 Å². The maximum absolute atomic E-state index is 12.2. The van der Waals surface area contributed by atoms with Crippen LogP contribution in [0.15, 0.2) is 41.5 Å². The molecule has 0 spiro atoms. The van der Waals surface area contributed by atoms with Gasteiger partial charge in [-0.15, -0.1) is 0 Å². The number of hydrazone groups is 1. The quantitative estimate of drug-likeness (QED) is 0.546. The van der Waals surface area contributed by atoms with Gasteiger partial charge >= 0.3 is 0 Å². The van der Waals surface area contributed by atoms with Crippen molar-refractivity contribution >= 4 is 23.7 Å². The van der Waals surface area contributed by atoms with Gasteiger partial charge in [-0.1, -0.05) is 11.6 Å². The summed E-state index contributed by atoms with van der Waals surface area (Å²) in [6.45, 7) is 5.26. The average molecular weight is 419 g/mol. The highest BCUT2D eigenvalue weighted by atomic mass is 35.5. The Morgan fingerprint density at radius 2 is 1.97 bits per heavy atom. The topological polar surface area (TPSA) is 78.4 Å². The van der Waals surface area contributed by atoms with Crippen LogP contribution in [0.4, 0.5) is 0 Å². The summed E-state index contributed by atoms with van der Waals surface area (Å²) < 4.78 is 22.2. The highest BCUT2D eigenvalue weighted by molar-refractivity contribution is 6.32. The smallest absolute Gasteiger partial charge is 0.280 e. The standard InChI is InChI=1S/C21H23ClN2O5/c1-3-26-16-5-7-17(8-6-16)29-14(2)21(25)24-23-13-15-11-18(22)20-19(12-15)27-9-4-10-28-20/h5-8,11-14H,3-4,9-10H2,1-2H3,(H,24,25)/b23-13-/t14-/m0/s1. The number of carbonyl (C=O) groups excluding carboxylic acids is 1. The van der Waals surface area contributed by atoms with Crippen LogP contribution in [0, 0.1) is 0 Å². The molecule has 1 aliphatic rings. The summed E-state index contributed by atoms with van der Waals surface area (Å²) in [6, 6.07) is 10.5. The van der Waals surface area contributed by atoms with Gasteiger partial charge in [-0.05, 0) is 55.8 Å². The molecular weight excluding hydrogens is 396 g/mol. The van der Waals surface area contributed by atoms with E-state index in [0.29, 0.717) is 47.7 Å². The van der Waals surface area contributed by atoms with Gasteiger partial charge in [0.25, 0.3) is 5.91 Å². The summed E-state index contributed by atoms with van der Waals surface area (Å²) in [7, 11) is 0. The Morgan fingerprint density at radius 3 is 2.72 bits per heavy atom. The van der Waals surface area contributed by atoms with Crippen LogP contribution in [0.25, 0.3) is 0 Å². The van der Waals surface area contributed by atoms with Crippen LogP contribution < -0.4 is 24.4 Å². The molecule has 0 unspecified atom stereocenters. The number of amides is 1. The first-order valence-electron chi connectivity index (χ1n) is 9.38. The van der Waals surface area contributed by atoms with Gasteiger partial charge in [0, 0.05) is 6.42 Å². The number of nitrogens with zero attached hydrogens (tertiary/aromatic N) is 1. The highest BCUT2D eigenvalue weighted by Gasteiger charge is 2.16. The first-order valence-corrected chi connectivity index (χ1v) is 9.76. The summed E-state index contributed by atoms with van der Waals surface area (Å²) in [4.78, 5) is 12.2. The number of hydrogen-bond donors (Lipinski definition) is 1. The van der Waals surface area contributed by atoms with Gasteiger partial charge in [-0.3, -0.25) is 4.79 Å². The zero-order valence-electron chi connectivity index (χ0n) is 16.3. The molecule has 0 radical (unpaired) electrons. The molecule has 2 aromatic rings. The average Bonchev–Trinajstić information content (AvgIpc) is 2.95. The van der Waals surface area contributed by atoms with E-state index in [0.717, 1.165) is 12.2 Å². The van der Waals surface area contributed by atoms with Crippen molar-refractivity contribution in [2.24, 2.45) is 5.10 Å². The highest BCUT2D eigenvalue weighted by Crippen LogP contribution is 2.37. The van der Waals surface area contributed by atoms with Gasteiger partial charge in [-0.25, -0.2) is 5.43 Å². The third-order valence-electron chi connectivity index (χ3n) is 4.03. The molecule has 29 heavy (non-hydrogen) atoms. The minimum absolute atomic E-state index is 0.379. The van der Waals surface area contributed by atoms with Crippen LogP contribution >= 0.6 is 11.6 Å². The summed E-state index contributed by atoms with van der Waals surface area (Å²) >= 11 is 6.25. The number of carbonyl (C=O) groups is 1. The van der Waals surface area contributed by atoms with Crippen molar-refractivity contribution < 1.29 is 23.7 Å². The Balaban J connectivity index is 1.56. The summed E-state index contributed by atoms with van der Waals surface area (Å²) in [5.41, 5.74) is 3.14. The van der Waals surface area contributed by atoms with Gasteiger partial charge in [-0.2, -0.15) is 5.10 Å². The minimum atomic E-state index is -0.725. The normalized spacial score (nSPS) is 14.2. The molecule has 0 fully saturated rings. The van der Waals surface area contributed by atoms with Gasteiger partial charge in [0.15, 0.2) is 17.6 Å². The van der Waals surface area contributed by atoms with Crippen molar-refractivity contribution in [2.45, 2.75) is 26.4 Å². The lowest BCUT2D eigenvalue weighted by Gasteiger charge is -2.13. The number of ether oxygens (including phenoxy) is 4. The Bertz CT molecular complexity index is 870. The molecule has 7 nitrogen and oxygen atoms in total. The third kappa shape index (κ3) is 5.77. The summed E-state index contributed by atoms with van der Waals surface area (Å²) in [6.07, 6.45) is 1.55. The minimum Gasteiger partial charge on any atom is -0.494 e. The van der Waals surface area contributed by atoms with E-state index in [1.54, 1.807) is 43.3 Å². The fraction of sp³-hybridized carbons (Fsp3) is 0.333. The third-order valence-corrected chi connectivity index (χ3v) is 4.31. The molecule has 1 aliphatic heterocycles. The van der Waals surface area contributed by atoms with Gasteiger partial charge in [0.2, 0.25) is 0 Å². The molecule has 1 amide bonds. The van der Waals surface area contributed by atoms with Crippen molar-refractivity contribution in [1.82, 2.24) is 5.43 Å². The number of nitrogens with one attached hydrogen (secondary N) is 1. The number of fused-ring (bicyclic) bond motifs is 1. The first-order chi connectivity index (χ1) is 14.1. The largest absolute Gasteiger partial charge is 0.494 e. The van der Waals surface area contributed by atoms with Crippen molar-refractivity contribution in [3.63, 3.8) is 0 Å². The van der Waals surface area contributed by atoms with Crippen LogP contribution in [-0.4, -0.2) is 38.0 Å². The zero-order valence-corrected chi connectivity index (χ0v) is 17.1. The molecule has 1 N–H and O–H groups in total. The lowest BCUT2D eigenvalue weighted by atomic mass is 10.2. The predicted octanol–water partition coefficient (Wildman–Crippen LogP) is 3.82. The SMILES string of the molecule is CCOc1ccc(O[C@@H](C)C(=O)N/N=C\c2cc(Cl)c3c(c2)OCCCO3)cc1. The summed E-state index contributed by atoms with van der Waals surface area (Å²) in [5.74, 6) is 2.03. The van der Waals surface area contributed by atoms with E-state index in [1.807, 2.05) is 6.92 Å². The van der Waals surface area contributed by atoms with E-state index >= 15 is 0 Å². The van der Waals surface area contributed by atoms with Crippen LogP contribution in [0.2, 0.25) is 5.02 Å². The lowest BCUT2D eigenvalue weighted by molar-refractivity contribution is -0.127. The van der Waals surface area contributed by atoms with E-state index in [1.165, 1.54) is 6.21 Å². The maximum Gasteiger partial charge on any atom is 0.280 e. The number of benzene rings is 2. The van der Waals surface area contributed by atoms with Gasteiger partial charge < -0.3 is 18.9 Å². The molecule has 1 heterocycles. The second-order valence-corrected chi connectivity index (χ2v) is 6.69. The van der Waals surface area contributed by atoms with Crippen molar-refractivity contribution in [1.29, 1.82) is 0 Å². The maximum atomic E-state index is 12.2. The Hall–Kier alpha value is -2.93. The molecule has 0 aromatic heterocycles. The summed E-state index contributed by atoms with van der Waals surface area (Å²) in [5, 5.41) is 4.41. The second kappa shape index (κ2) is 10.0. The lowest BCUT2D eigenvalue weighted by Crippen LogP contribution is -2.33. The second-order valence-electron chi connectivity index (χ2n) is 6.28. The molecule has 0 saturated heterocycles. The van der Waals surface area contributed by atoms with Crippen molar-refractivity contribution in [2.75, 3.05) is 19.8 Å². The van der Waals surface area contributed by atoms with Crippen LogP contribution in [0.5, 0.6) is 23.0 Å². The molecule has 0 bridgehead atoms. The van der Waals surface area contributed by atoms with Gasteiger partial charge in [0.05, 0.1) is 31.1 Å². The van der Waals surface area contributed by atoms with E-state index in [2.05, 4.69) is 10.5 Å². The molecular formula is C21H23ClN2O5. The monoisotopic (exact) mass is 418 g/mol. The fourth-order valence-corrected chi connectivity index (χ4v) is 2.90. The van der Waals surface area contributed by atoms with E-state index in [-0.39, 0.29) is 5.91 Å². The molecule has 0 saturated carbocycles. The first kappa shape index (κ1) is 20.8. The van der Waals surface area contributed by atoms with Gasteiger partial charge in [0.1, 0.15) is 11.5 Å². The molecule has 3 rings (SSSR count). The Morgan fingerprint density at radius 1 is 1.24 bits per heavy atom. The van der Waals surface area contributed by atoms with Crippen molar-refractivity contribution in [3.8, 4) is 23.0 Å². The molecule has 0 aliphatic carbocycles. The van der Waals surface area contributed by atoms with E-state index in [9.17, 15) is 4.79 Å². The van der Waals surface area contributed by atoms with Crippen LogP contribution in [0.1, 0.15) is 25.8 Å². The Kier molecular flexibility index (Phi) is 7.19. The van der Waals surface area contributed by atoms with Crippen molar-refractivity contribution in [3.05, 3.63) is 47.0 Å². The molecule has 154 valence electrons. The molecule has 8 heteroatoms. The Labute approximate surface area is 174 Å². The van der Waals surface area contributed by atoms with E-state index < -0.39 is 6.10 Å². The molecule has 1 atom stereocenters. The number of rotatable bonds is 7. The number of hydrogen-bond acceptors (Lipinski definition) is 6. The predicted molar refractivity (Wildman–Crippen MR) is 110 cm³/mol. The van der Waals surface area contributed by atoms with Crippen LogP contribution in [0.3, 0.4) is 0 Å². The zero-order chi connectivity index (χ0) is 20.6. The molecule has 2 aromatic carbocycles. The fourth-order valence-electron chi connectivity index (χ4n) is 2.63. The van der Waals surface area contributed by atoms with Crippen LogP contribution in [-0.2, 0) is 4.79 Å². The number of halogens is 1.